The van der Waals surface area contributed by atoms with Gasteiger partial charge in [-0.25, -0.2) is 4.98 Å². The molecule has 3 aromatic rings. The Kier molecular flexibility index (Phi) is 4.75. The van der Waals surface area contributed by atoms with Crippen LogP contribution in [0.3, 0.4) is 0 Å². The van der Waals surface area contributed by atoms with Crippen molar-refractivity contribution in [2.45, 2.75) is 26.3 Å². The van der Waals surface area contributed by atoms with E-state index in [0.717, 1.165) is 11.1 Å². The van der Waals surface area contributed by atoms with E-state index in [-0.39, 0.29) is 18.4 Å². The van der Waals surface area contributed by atoms with Crippen molar-refractivity contribution in [3.63, 3.8) is 0 Å². The lowest BCUT2D eigenvalue weighted by Crippen LogP contribution is -2.28. The first-order valence-corrected chi connectivity index (χ1v) is 7.97. The molecule has 0 aliphatic heterocycles. The highest BCUT2D eigenvalue weighted by molar-refractivity contribution is 5.78. The minimum Gasteiger partial charge on any atom is -0.444 e. The Morgan fingerprint density at radius 3 is 2.54 bits per heavy atom. The zero-order chi connectivity index (χ0) is 16.9. The third-order valence-electron chi connectivity index (χ3n) is 3.87. The fourth-order valence-corrected chi connectivity index (χ4v) is 2.50. The standard InChI is InChI=1S/C20H20N2O2/c1-14-8-10-16(11-9-14)15(2)21-19(23)12-18-13-24-20(22-18)17-6-4-3-5-7-17/h3-11,13,15H,12H2,1-2H3,(H,21,23). The van der Waals surface area contributed by atoms with Crippen LogP contribution in [0, 0.1) is 6.92 Å². The molecule has 0 aliphatic carbocycles. The van der Waals surface area contributed by atoms with Crippen molar-refractivity contribution in [3.05, 3.63) is 77.7 Å². The van der Waals surface area contributed by atoms with Crippen LogP contribution in [0.2, 0.25) is 0 Å². The van der Waals surface area contributed by atoms with Crippen molar-refractivity contribution in [3.8, 4) is 11.5 Å². The van der Waals surface area contributed by atoms with Crippen LogP contribution in [-0.4, -0.2) is 10.9 Å². The molecule has 1 N–H and O–H groups in total. The molecule has 3 rings (SSSR count). The van der Waals surface area contributed by atoms with Crippen LogP contribution < -0.4 is 5.32 Å². The number of aromatic nitrogens is 1. The summed E-state index contributed by atoms with van der Waals surface area (Å²) in [5, 5.41) is 2.99. The molecule has 0 saturated heterocycles. The normalized spacial score (nSPS) is 11.9. The summed E-state index contributed by atoms with van der Waals surface area (Å²) in [6, 6.07) is 17.7. The molecule has 24 heavy (non-hydrogen) atoms. The lowest BCUT2D eigenvalue weighted by atomic mass is 10.1. The van der Waals surface area contributed by atoms with Crippen molar-refractivity contribution >= 4 is 5.91 Å². The molecule has 4 heteroatoms. The number of hydrogen-bond donors (Lipinski definition) is 1. The summed E-state index contributed by atoms with van der Waals surface area (Å²) in [7, 11) is 0. The van der Waals surface area contributed by atoms with Gasteiger partial charge in [0.2, 0.25) is 11.8 Å². The first kappa shape index (κ1) is 16.0. The lowest BCUT2D eigenvalue weighted by Gasteiger charge is -2.14. The molecule has 1 atom stereocenters. The van der Waals surface area contributed by atoms with Crippen molar-refractivity contribution < 1.29 is 9.21 Å². The molecular formula is C20H20N2O2. The Bertz CT molecular complexity index is 807. The Morgan fingerprint density at radius 1 is 1.12 bits per heavy atom. The maximum atomic E-state index is 12.2. The number of aryl methyl sites for hydroxylation is 1. The third-order valence-corrected chi connectivity index (χ3v) is 3.87. The minimum atomic E-state index is -0.0732. The summed E-state index contributed by atoms with van der Waals surface area (Å²) >= 11 is 0. The molecule has 0 radical (unpaired) electrons. The first-order valence-electron chi connectivity index (χ1n) is 7.97. The molecule has 0 saturated carbocycles. The molecule has 0 spiro atoms. The number of oxazole rings is 1. The van der Waals surface area contributed by atoms with Gasteiger partial charge in [0.05, 0.1) is 18.2 Å². The van der Waals surface area contributed by atoms with Crippen molar-refractivity contribution in [1.29, 1.82) is 0 Å². The molecule has 0 bridgehead atoms. The summed E-state index contributed by atoms with van der Waals surface area (Å²) in [6.07, 6.45) is 1.74. The topological polar surface area (TPSA) is 55.1 Å². The van der Waals surface area contributed by atoms with Crippen LogP contribution in [0.5, 0.6) is 0 Å². The molecule has 0 fully saturated rings. The average molecular weight is 320 g/mol. The summed E-state index contributed by atoms with van der Waals surface area (Å²) in [4.78, 5) is 16.6. The molecular weight excluding hydrogens is 300 g/mol. The van der Waals surface area contributed by atoms with E-state index in [9.17, 15) is 4.79 Å². The SMILES string of the molecule is Cc1ccc(C(C)NC(=O)Cc2coc(-c3ccccc3)n2)cc1. The van der Waals surface area contributed by atoms with E-state index in [1.165, 1.54) is 5.56 Å². The second kappa shape index (κ2) is 7.13. The summed E-state index contributed by atoms with van der Waals surface area (Å²) in [5.41, 5.74) is 3.81. The number of amides is 1. The summed E-state index contributed by atoms with van der Waals surface area (Å²) in [5.74, 6) is 0.459. The predicted molar refractivity (Wildman–Crippen MR) is 93.4 cm³/mol. The van der Waals surface area contributed by atoms with E-state index in [4.69, 9.17) is 4.42 Å². The van der Waals surface area contributed by atoms with Crippen LogP contribution in [0.1, 0.15) is 29.8 Å². The van der Waals surface area contributed by atoms with E-state index < -0.39 is 0 Å². The van der Waals surface area contributed by atoms with Gasteiger partial charge >= 0.3 is 0 Å². The molecule has 1 unspecified atom stereocenters. The van der Waals surface area contributed by atoms with Crippen LogP contribution in [-0.2, 0) is 11.2 Å². The second-order valence-electron chi connectivity index (χ2n) is 5.89. The number of nitrogens with zero attached hydrogens (tertiary/aromatic N) is 1. The van der Waals surface area contributed by atoms with E-state index in [1.807, 2.05) is 68.4 Å². The monoisotopic (exact) mass is 320 g/mol. The quantitative estimate of drug-likeness (QED) is 0.771. The number of hydrogen-bond acceptors (Lipinski definition) is 3. The largest absolute Gasteiger partial charge is 0.444 e. The number of carbonyl (C=O) groups excluding carboxylic acids is 1. The smallest absolute Gasteiger partial charge is 0.226 e. The average Bonchev–Trinajstić information content (AvgIpc) is 3.04. The van der Waals surface area contributed by atoms with Gasteiger partial charge in [0.15, 0.2) is 0 Å². The third kappa shape index (κ3) is 3.90. The molecule has 122 valence electrons. The predicted octanol–water partition coefficient (Wildman–Crippen LogP) is 4.07. The Labute approximate surface area is 141 Å². The van der Waals surface area contributed by atoms with Gasteiger partial charge < -0.3 is 9.73 Å². The van der Waals surface area contributed by atoms with Gasteiger partial charge in [0.1, 0.15) is 6.26 Å². The maximum absolute atomic E-state index is 12.2. The number of nitrogens with one attached hydrogen (secondary N) is 1. The molecule has 1 heterocycles. The van der Waals surface area contributed by atoms with Gasteiger partial charge in [-0.1, -0.05) is 48.0 Å². The Balaban J connectivity index is 1.61. The van der Waals surface area contributed by atoms with Gasteiger partial charge in [0, 0.05) is 5.56 Å². The minimum absolute atomic E-state index is 0.0430. The maximum Gasteiger partial charge on any atom is 0.226 e. The van der Waals surface area contributed by atoms with Crippen LogP contribution >= 0.6 is 0 Å². The van der Waals surface area contributed by atoms with Gasteiger partial charge in [-0.2, -0.15) is 0 Å². The zero-order valence-corrected chi connectivity index (χ0v) is 13.8. The highest BCUT2D eigenvalue weighted by Crippen LogP contribution is 2.18. The van der Waals surface area contributed by atoms with Crippen LogP contribution in [0.4, 0.5) is 0 Å². The van der Waals surface area contributed by atoms with E-state index >= 15 is 0 Å². The van der Waals surface area contributed by atoms with E-state index in [0.29, 0.717) is 11.6 Å². The highest BCUT2D eigenvalue weighted by Gasteiger charge is 2.13. The molecule has 1 aromatic heterocycles. The van der Waals surface area contributed by atoms with Crippen molar-refractivity contribution in [2.75, 3.05) is 0 Å². The Hall–Kier alpha value is -2.88. The first-order chi connectivity index (χ1) is 11.6. The van der Waals surface area contributed by atoms with E-state index in [1.54, 1.807) is 6.26 Å². The fraction of sp³-hybridized carbons (Fsp3) is 0.200. The number of rotatable bonds is 5. The molecule has 2 aromatic carbocycles. The van der Waals surface area contributed by atoms with Crippen molar-refractivity contribution in [1.82, 2.24) is 10.3 Å². The van der Waals surface area contributed by atoms with Gasteiger partial charge in [0.25, 0.3) is 0 Å². The zero-order valence-electron chi connectivity index (χ0n) is 13.8. The highest BCUT2D eigenvalue weighted by atomic mass is 16.3. The second-order valence-corrected chi connectivity index (χ2v) is 5.89. The Morgan fingerprint density at radius 2 is 1.83 bits per heavy atom. The van der Waals surface area contributed by atoms with Gasteiger partial charge in [-0.15, -0.1) is 0 Å². The molecule has 1 amide bonds. The summed E-state index contributed by atoms with van der Waals surface area (Å²) < 4.78 is 5.46. The van der Waals surface area contributed by atoms with Gasteiger partial charge in [-0.05, 0) is 31.5 Å². The van der Waals surface area contributed by atoms with Crippen molar-refractivity contribution in [2.24, 2.45) is 0 Å². The van der Waals surface area contributed by atoms with Gasteiger partial charge in [-0.3, -0.25) is 4.79 Å². The van der Waals surface area contributed by atoms with E-state index in [2.05, 4.69) is 10.3 Å². The lowest BCUT2D eigenvalue weighted by molar-refractivity contribution is -0.121. The number of carbonyl (C=O) groups is 1. The summed E-state index contributed by atoms with van der Waals surface area (Å²) in [6.45, 7) is 4.02. The number of benzene rings is 2. The fourth-order valence-electron chi connectivity index (χ4n) is 2.50. The molecule has 4 nitrogen and oxygen atoms in total. The molecule has 0 aliphatic rings. The van der Waals surface area contributed by atoms with Crippen LogP contribution in [0.15, 0.2) is 65.3 Å². The van der Waals surface area contributed by atoms with Crippen LogP contribution in [0.25, 0.3) is 11.5 Å².